The normalized spacial score (nSPS) is 17.9. The number of hydrogen-bond acceptors (Lipinski definition) is 4. The summed E-state index contributed by atoms with van der Waals surface area (Å²) in [7, 11) is 0. The van der Waals surface area contributed by atoms with E-state index in [1.807, 2.05) is 41.9 Å². The zero-order valence-corrected chi connectivity index (χ0v) is 17.4. The molecule has 0 radical (unpaired) electrons. The number of hydrogen-bond donors (Lipinski definition) is 2. The molecule has 28 heavy (non-hydrogen) atoms. The third-order valence-corrected chi connectivity index (χ3v) is 4.66. The van der Waals surface area contributed by atoms with Gasteiger partial charge in [-0.1, -0.05) is 32.0 Å². The Morgan fingerprint density at radius 3 is 2.79 bits per heavy atom. The van der Waals surface area contributed by atoms with Gasteiger partial charge in [-0.3, -0.25) is 0 Å². The van der Waals surface area contributed by atoms with Crippen LogP contribution in [0.25, 0.3) is 0 Å². The molecule has 2 atom stereocenters. The van der Waals surface area contributed by atoms with E-state index in [2.05, 4.69) is 41.5 Å². The van der Waals surface area contributed by atoms with Crippen molar-refractivity contribution in [2.75, 3.05) is 13.1 Å². The molecule has 2 unspecified atom stereocenters. The number of guanidine groups is 1. The van der Waals surface area contributed by atoms with Gasteiger partial charge in [0.15, 0.2) is 11.8 Å². The average Bonchev–Trinajstić information content (AvgIpc) is 3.11. The van der Waals surface area contributed by atoms with Gasteiger partial charge in [0.25, 0.3) is 0 Å². The third kappa shape index (κ3) is 5.47. The lowest BCUT2D eigenvalue weighted by atomic mass is 10.1. The van der Waals surface area contributed by atoms with Crippen molar-refractivity contribution in [3.8, 4) is 5.75 Å². The molecule has 2 N–H and O–H groups in total. The van der Waals surface area contributed by atoms with Crippen molar-refractivity contribution in [3.05, 3.63) is 42.0 Å². The van der Waals surface area contributed by atoms with Crippen molar-refractivity contribution in [2.45, 2.75) is 65.1 Å². The second kappa shape index (κ2) is 9.57. The van der Waals surface area contributed by atoms with Gasteiger partial charge in [-0.15, -0.1) is 0 Å². The Morgan fingerprint density at radius 1 is 1.29 bits per heavy atom. The molecule has 1 aliphatic heterocycles. The van der Waals surface area contributed by atoms with Gasteiger partial charge in [0.2, 0.25) is 0 Å². The summed E-state index contributed by atoms with van der Waals surface area (Å²) in [5, 5.41) is 11.5. The van der Waals surface area contributed by atoms with E-state index < -0.39 is 0 Å². The van der Waals surface area contributed by atoms with E-state index in [4.69, 9.17) is 9.73 Å². The molecule has 0 bridgehead atoms. The predicted octanol–water partition coefficient (Wildman–Crippen LogP) is 2.74. The van der Waals surface area contributed by atoms with Crippen LogP contribution < -0.4 is 15.4 Å². The molecule has 7 nitrogen and oxygen atoms in total. The van der Waals surface area contributed by atoms with Crippen LogP contribution in [0, 0.1) is 0 Å². The van der Waals surface area contributed by atoms with E-state index in [-0.39, 0.29) is 12.1 Å². The van der Waals surface area contributed by atoms with Crippen LogP contribution in [-0.2, 0) is 13.0 Å². The highest BCUT2D eigenvalue weighted by Crippen LogP contribution is 2.17. The van der Waals surface area contributed by atoms with E-state index in [1.165, 1.54) is 0 Å². The first-order valence-electron chi connectivity index (χ1n) is 10.2. The topological polar surface area (TPSA) is 76.4 Å². The maximum Gasteiger partial charge on any atom is 0.191 e. The molecule has 0 fully saturated rings. The number of benzene rings is 1. The molecule has 0 spiro atoms. The Kier molecular flexibility index (Phi) is 6.90. The number of nitrogens with one attached hydrogen (secondary N) is 2. The molecule has 2 aromatic rings. The van der Waals surface area contributed by atoms with Crippen LogP contribution in [0.4, 0.5) is 0 Å². The van der Waals surface area contributed by atoms with Crippen molar-refractivity contribution in [2.24, 2.45) is 4.99 Å². The number of aliphatic imine (C=N–C) groups is 1. The molecule has 0 saturated heterocycles. The third-order valence-electron chi connectivity index (χ3n) is 4.66. The van der Waals surface area contributed by atoms with E-state index in [0.29, 0.717) is 12.5 Å². The van der Waals surface area contributed by atoms with Gasteiger partial charge >= 0.3 is 0 Å². The van der Waals surface area contributed by atoms with Crippen LogP contribution in [0.2, 0.25) is 0 Å². The summed E-state index contributed by atoms with van der Waals surface area (Å²) in [4.78, 5) is 9.38. The second-order valence-corrected chi connectivity index (χ2v) is 7.56. The Balaban J connectivity index is 1.57. The lowest BCUT2D eigenvalue weighted by molar-refractivity contribution is 0.230. The number of rotatable bonds is 7. The van der Waals surface area contributed by atoms with Crippen molar-refractivity contribution >= 4 is 5.96 Å². The van der Waals surface area contributed by atoms with Crippen LogP contribution >= 0.6 is 0 Å². The minimum atomic E-state index is -0.000250. The lowest BCUT2D eigenvalue weighted by Crippen LogP contribution is -2.47. The Hall–Kier alpha value is -2.57. The molecular weight excluding hydrogens is 352 g/mol. The van der Waals surface area contributed by atoms with Crippen LogP contribution in [0.3, 0.4) is 0 Å². The summed E-state index contributed by atoms with van der Waals surface area (Å²) in [5.41, 5.74) is 0. The molecule has 0 saturated carbocycles. The summed E-state index contributed by atoms with van der Waals surface area (Å²) in [6.07, 6.45) is 1.96. The summed E-state index contributed by atoms with van der Waals surface area (Å²) in [6.45, 7) is 10.6. The van der Waals surface area contributed by atoms with Crippen LogP contribution in [-0.4, -0.2) is 46.0 Å². The van der Waals surface area contributed by atoms with E-state index in [9.17, 15) is 0 Å². The van der Waals surface area contributed by atoms with Gasteiger partial charge in [0.1, 0.15) is 17.7 Å². The summed E-state index contributed by atoms with van der Waals surface area (Å²) in [5.74, 6) is 4.07. The second-order valence-electron chi connectivity index (χ2n) is 7.56. The van der Waals surface area contributed by atoms with Gasteiger partial charge in [-0.2, -0.15) is 5.10 Å². The standard InChI is InChI=1S/C21H32N6O/c1-5-22-21(23-13-16(4)28-18-9-7-6-8-10-18)24-17-11-12-19-25-20(15(2)3)26-27(19)14-17/h6-10,15-17H,5,11-14H2,1-4H3,(H2,22,23,24). The molecule has 2 heterocycles. The van der Waals surface area contributed by atoms with Gasteiger partial charge in [-0.25, -0.2) is 14.7 Å². The fourth-order valence-corrected chi connectivity index (χ4v) is 3.19. The monoisotopic (exact) mass is 384 g/mol. The lowest BCUT2D eigenvalue weighted by Gasteiger charge is -2.25. The van der Waals surface area contributed by atoms with Crippen molar-refractivity contribution in [1.29, 1.82) is 0 Å². The molecule has 152 valence electrons. The van der Waals surface area contributed by atoms with Crippen LogP contribution in [0.15, 0.2) is 35.3 Å². The van der Waals surface area contributed by atoms with Gasteiger partial charge in [-0.05, 0) is 32.4 Å². The SMILES string of the molecule is CCNC(=NCC(C)Oc1ccccc1)NC1CCc2nc(C(C)C)nn2C1. The number of ether oxygens (including phenoxy) is 1. The number of nitrogens with zero attached hydrogens (tertiary/aromatic N) is 4. The average molecular weight is 385 g/mol. The Bertz CT molecular complexity index is 770. The number of aryl methyl sites for hydroxylation is 1. The maximum atomic E-state index is 5.92. The zero-order chi connectivity index (χ0) is 19.9. The molecule has 1 aromatic heterocycles. The minimum absolute atomic E-state index is 0.000250. The summed E-state index contributed by atoms with van der Waals surface area (Å²) < 4.78 is 7.96. The van der Waals surface area contributed by atoms with E-state index in [1.54, 1.807) is 0 Å². The highest BCUT2D eigenvalue weighted by molar-refractivity contribution is 5.80. The highest BCUT2D eigenvalue weighted by atomic mass is 16.5. The van der Waals surface area contributed by atoms with Crippen molar-refractivity contribution < 1.29 is 4.74 Å². The minimum Gasteiger partial charge on any atom is -0.489 e. The smallest absolute Gasteiger partial charge is 0.191 e. The van der Waals surface area contributed by atoms with Crippen LogP contribution in [0.5, 0.6) is 5.75 Å². The highest BCUT2D eigenvalue weighted by Gasteiger charge is 2.23. The molecule has 1 aromatic carbocycles. The van der Waals surface area contributed by atoms with Crippen molar-refractivity contribution in [1.82, 2.24) is 25.4 Å². The quantitative estimate of drug-likeness (QED) is 0.567. The molecule has 0 aliphatic carbocycles. The summed E-state index contributed by atoms with van der Waals surface area (Å²) in [6, 6.07) is 10.2. The fraction of sp³-hybridized carbons (Fsp3) is 0.571. The number of aromatic nitrogens is 3. The fourth-order valence-electron chi connectivity index (χ4n) is 3.19. The van der Waals surface area contributed by atoms with Gasteiger partial charge in [0.05, 0.1) is 13.1 Å². The molecule has 1 aliphatic rings. The number of para-hydroxylation sites is 1. The first kappa shape index (κ1) is 20.2. The molecule has 0 amide bonds. The zero-order valence-electron chi connectivity index (χ0n) is 17.4. The first-order chi connectivity index (χ1) is 13.5. The molecule has 3 rings (SSSR count). The van der Waals surface area contributed by atoms with E-state index >= 15 is 0 Å². The maximum absolute atomic E-state index is 5.92. The largest absolute Gasteiger partial charge is 0.489 e. The Labute approximate surface area is 167 Å². The summed E-state index contributed by atoms with van der Waals surface area (Å²) >= 11 is 0. The molecular formula is C21H32N6O. The number of fused-ring (bicyclic) bond motifs is 1. The Morgan fingerprint density at radius 2 is 2.07 bits per heavy atom. The van der Waals surface area contributed by atoms with Crippen molar-refractivity contribution in [3.63, 3.8) is 0 Å². The molecule has 7 heteroatoms. The van der Waals surface area contributed by atoms with Crippen LogP contribution in [0.1, 0.15) is 51.7 Å². The van der Waals surface area contributed by atoms with E-state index in [0.717, 1.165) is 49.3 Å². The van der Waals surface area contributed by atoms with Gasteiger partial charge in [0, 0.05) is 24.9 Å². The predicted molar refractivity (Wildman–Crippen MR) is 112 cm³/mol. The first-order valence-corrected chi connectivity index (χ1v) is 10.2. The van der Waals surface area contributed by atoms with Gasteiger partial charge < -0.3 is 15.4 Å².